The first-order valence-electron chi connectivity index (χ1n) is 8.42. The van der Waals surface area contributed by atoms with E-state index in [1.54, 1.807) is 0 Å². The fourth-order valence-corrected chi connectivity index (χ4v) is 4.59. The van der Waals surface area contributed by atoms with Gasteiger partial charge in [-0.25, -0.2) is 13.1 Å². The van der Waals surface area contributed by atoms with Crippen molar-refractivity contribution in [3.05, 3.63) is 65.2 Å². The molecule has 0 radical (unpaired) electrons. The lowest BCUT2D eigenvalue weighted by atomic mass is 10.0. The van der Waals surface area contributed by atoms with Crippen LogP contribution in [0.25, 0.3) is 0 Å². The first-order chi connectivity index (χ1) is 12.4. The van der Waals surface area contributed by atoms with Crippen molar-refractivity contribution < 1.29 is 18.0 Å². The van der Waals surface area contributed by atoms with Crippen LogP contribution in [0.15, 0.2) is 53.4 Å². The Labute approximate surface area is 151 Å². The van der Waals surface area contributed by atoms with Gasteiger partial charge < -0.3 is 0 Å². The lowest BCUT2D eigenvalue weighted by Crippen LogP contribution is -2.30. The number of hydrogen-bond donors (Lipinski definition) is 1. The predicted molar refractivity (Wildman–Crippen MR) is 95.1 cm³/mol. The molecule has 4 rings (SSSR count). The maximum atomic E-state index is 12.9. The quantitative estimate of drug-likeness (QED) is 0.819. The molecule has 1 N–H and O–H groups in total. The van der Waals surface area contributed by atoms with E-state index >= 15 is 0 Å². The third kappa shape index (κ3) is 2.83. The van der Waals surface area contributed by atoms with Gasteiger partial charge in [-0.05, 0) is 42.5 Å². The first-order valence-corrected chi connectivity index (χ1v) is 9.90. The summed E-state index contributed by atoms with van der Waals surface area (Å²) in [5.41, 5.74) is 1.28. The summed E-state index contributed by atoms with van der Waals surface area (Å²) >= 11 is 0. The van der Waals surface area contributed by atoms with Crippen LogP contribution in [0.2, 0.25) is 0 Å². The van der Waals surface area contributed by atoms with Crippen molar-refractivity contribution in [3.8, 4) is 0 Å². The minimum Gasteiger partial charge on any atom is -0.277 e. The average molecular weight is 370 g/mol. The molecular formula is C19H18N2O4S. The average Bonchev–Trinajstić information content (AvgIpc) is 3.46. The highest BCUT2D eigenvalue weighted by Crippen LogP contribution is 2.41. The molecule has 1 saturated carbocycles. The number of fused-ring (bicyclic) bond motifs is 1. The van der Waals surface area contributed by atoms with Crippen LogP contribution in [-0.2, 0) is 10.0 Å². The maximum Gasteiger partial charge on any atom is 0.261 e. The van der Waals surface area contributed by atoms with Crippen LogP contribution in [0, 0.1) is 5.92 Å². The van der Waals surface area contributed by atoms with Crippen LogP contribution in [-0.4, -0.2) is 32.2 Å². The van der Waals surface area contributed by atoms with E-state index < -0.39 is 21.8 Å². The fraction of sp³-hybridized carbons (Fsp3) is 0.263. The lowest BCUT2D eigenvalue weighted by Gasteiger charge is -2.19. The van der Waals surface area contributed by atoms with Gasteiger partial charge in [-0.1, -0.05) is 30.3 Å². The van der Waals surface area contributed by atoms with E-state index in [9.17, 15) is 18.0 Å². The molecule has 6 nitrogen and oxygen atoms in total. The first kappa shape index (κ1) is 16.9. The number of rotatable bonds is 5. The molecule has 2 aromatic rings. The zero-order chi connectivity index (χ0) is 18.5. The number of benzene rings is 2. The summed E-state index contributed by atoms with van der Waals surface area (Å²) in [5.74, 6) is -0.623. The minimum absolute atomic E-state index is 0.00530. The third-order valence-electron chi connectivity index (χ3n) is 4.91. The summed E-state index contributed by atoms with van der Waals surface area (Å²) in [6, 6.07) is 13.2. The Bertz CT molecular complexity index is 997. The van der Waals surface area contributed by atoms with Crippen LogP contribution < -0.4 is 4.72 Å². The highest BCUT2D eigenvalue weighted by Gasteiger charge is 2.37. The molecule has 0 aromatic heterocycles. The summed E-state index contributed by atoms with van der Waals surface area (Å²) < 4.78 is 28.6. The normalized spacial score (nSPS) is 18.1. The highest BCUT2D eigenvalue weighted by atomic mass is 32.2. The molecule has 1 aliphatic heterocycles. The van der Waals surface area contributed by atoms with Crippen molar-refractivity contribution in [2.75, 3.05) is 7.05 Å². The van der Waals surface area contributed by atoms with E-state index in [-0.39, 0.29) is 28.0 Å². The number of imide groups is 1. The molecule has 1 aliphatic carbocycles. The number of nitrogens with zero attached hydrogens (tertiary/aromatic N) is 1. The van der Waals surface area contributed by atoms with E-state index in [4.69, 9.17) is 0 Å². The van der Waals surface area contributed by atoms with Gasteiger partial charge in [-0.2, -0.15) is 0 Å². The Morgan fingerprint density at radius 2 is 1.65 bits per heavy atom. The maximum absolute atomic E-state index is 12.9. The molecule has 2 amide bonds. The van der Waals surface area contributed by atoms with Gasteiger partial charge in [0.1, 0.15) is 0 Å². The Balaban J connectivity index is 1.67. The lowest BCUT2D eigenvalue weighted by molar-refractivity contribution is 0.0693. The van der Waals surface area contributed by atoms with E-state index in [0.29, 0.717) is 0 Å². The number of hydrogen-bond acceptors (Lipinski definition) is 4. The summed E-state index contributed by atoms with van der Waals surface area (Å²) in [6.07, 6.45) is 1.95. The van der Waals surface area contributed by atoms with Crippen LogP contribution >= 0.6 is 0 Å². The van der Waals surface area contributed by atoms with E-state index in [1.165, 1.54) is 25.2 Å². The SMILES string of the molecule is CN1C(=O)c2ccc(S(=O)(=O)NC(c3ccccc3)C3CC3)cc2C1=O. The summed E-state index contributed by atoms with van der Waals surface area (Å²) in [5, 5.41) is 0. The van der Waals surface area contributed by atoms with Crippen LogP contribution in [0.5, 0.6) is 0 Å². The fourth-order valence-electron chi connectivity index (χ4n) is 3.27. The van der Waals surface area contributed by atoms with Crippen LogP contribution in [0.4, 0.5) is 0 Å². The van der Waals surface area contributed by atoms with Crippen molar-refractivity contribution >= 4 is 21.8 Å². The zero-order valence-corrected chi connectivity index (χ0v) is 15.0. The molecule has 7 heteroatoms. The van der Waals surface area contributed by atoms with Gasteiger partial charge in [-0.15, -0.1) is 0 Å². The molecule has 2 aromatic carbocycles. The number of nitrogens with one attached hydrogen (secondary N) is 1. The molecule has 1 heterocycles. The van der Waals surface area contributed by atoms with Crippen molar-refractivity contribution in [2.45, 2.75) is 23.8 Å². The van der Waals surface area contributed by atoms with Gasteiger partial charge in [0.15, 0.2) is 0 Å². The van der Waals surface area contributed by atoms with Gasteiger partial charge in [-0.3, -0.25) is 14.5 Å². The summed E-state index contributed by atoms with van der Waals surface area (Å²) in [6.45, 7) is 0. The van der Waals surface area contributed by atoms with Crippen molar-refractivity contribution in [2.24, 2.45) is 5.92 Å². The van der Waals surface area contributed by atoms with Crippen LogP contribution in [0.1, 0.15) is 45.2 Å². The monoisotopic (exact) mass is 370 g/mol. The second-order valence-corrected chi connectivity index (χ2v) is 8.44. The number of amides is 2. The number of carbonyl (C=O) groups excluding carboxylic acids is 2. The Morgan fingerprint density at radius 1 is 1.00 bits per heavy atom. The third-order valence-corrected chi connectivity index (χ3v) is 6.34. The summed E-state index contributed by atoms with van der Waals surface area (Å²) in [7, 11) is -2.44. The minimum atomic E-state index is -3.82. The second kappa shape index (κ2) is 6.03. The predicted octanol–water partition coefficient (Wildman–Crippen LogP) is 2.34. The van der Waals surface area contributed by atoms with Crippen molar-refractivity contribution in [1.82, 2.24) is 9.62 Å². The van der Waals surface area contributed by atoms with E-state index in [1.807, 2.05) is 30.3 Å². The molecule has 0 bridgehead atoms. The standard InChI is InChI=1S/C19H18N2O4S/c1-21-18(22)15-10-9-14(11-16(15)19(21)23)26(24,25)20-17(13-7-8-13)12-5-3-2-4-6-12/h2-6,9-11,13,17,20H,7-8H2,1H3. The summed E-state index contributed by atoms with van der Waals surface area (Å²) in [4.78, 5) is 25.1. The molecule has 2 aliphatic rings. The zero-order valence-electron chi connectivity index (χ0n) is 14.2. The molecule has 1 unspecified atom stereocenters. The Morgan fingerprint density at radius 3 is 2.31 bits per heavy atom. The van der Waals surface area contributed by atoms with Gasteiger partial charge in [0.2, 0.25) is 10.0 Å². The molecular weight excluding hydrogens is 352 g/mol. The highest BCUT2D eigenvalue weighted by molar-refractivity contribution is 7.89. The van der Waals surface area contributed by atoms with Gasteiger partial charge in [0, 0.05) is 13.1 Å². The molecule has 0 spiro atoms. The second-order valence-electron chi connectivity index (χ2n) is 6.72. The van der Waals surface area contributed by atoms with E-state index in [0.717, 1.165) is 23.3 Å². The Hall–Kier alpha value is -2.51. The number of sulfonamides is 1. The van der Waals surface area contributed by atoms with Crippen molar-refractivity contribution in [3.63, 3.8) is 0 Å². The molecule has 134 valence electrons. The van der Waals surface area contributed by atoms with Gasteiger partial charge >= 0.3 is 0 Å². The van der Waals surface area contributed by atoms with Crippen LogP contribution in [0.3, 0.4) is 0 Å². The van der Waals surface area contributed by atoms with Gasteiger partial charge in [0.05, 0.1) is 16.0 Å². The molecule has 1 atom stereocenters. The largest absolute Gasteiger partial charge is 0.277 e. The van der Waals surface area contributed by atoms with Gasteiger partial charge in [0.25, 0.3) is 11.8 Å². The topological polar surface area (TPSA) is 83.6 Å². The molecule has 26 heavy (non-hydrogen) atoms. The van der Waals surface area contributed by atoms with Crippen molar-refractivity contribution in [1.29, 1.82) is 0 Å². The molecule has 1 fully saturated rings. The smallest absolute Gasteiger partial charge is 0.261 e. The van der Waals surface area contributed by atoms with E-state index in [2.05, 4.69) is 4.72 Å². The molecule has 0 saturated heterocycles. The number of carbonyl (C=O) groups is 2. The Kier molecular flexibility index (Phi) is 3.93.